The maximum Gasteiger partial charge on any atom is 0.290 e. The first-order valence-corrected chi connectivity index (χ1v) is 6.81. The summed E-state index contributed by atoms with van der Waals surface area (Å²) in [4.78, 5) is 20.7. The molecule has 0 saturated heterocycles. The van der Waals surface area contributed by atoms with Gasteiger partial charge in [0.15, 0.2) is 5.82 Å². The van der Waals surface area contributed by atoms with Gasteiger partial charge in [-0.2, -0.15) is 0 Å². The molecule has 0 atom stereocenters. The van der Waals surface area contributed by atoms with Crippen molar-refractivity contribution in [2.75, 3.05) is 16.8 Å². The second kappa shape index (κ2) is 5.48. The Labute approximate surface area is 103 Å². The Balaban J connectivity index is 2.17. The molecule has 0 aliphatic heterocycles. The summed E-state index contributed by atoms with van der Waals surface area (Å²) in [5.74, 6) is 0.577. The van der Waals surface area contributed by atoms with Gasteiger partial charge < -0.3 is 9.88 Å². The molecule has 1 aliphatic rings. The van der Waals surface area contributed by atoms with Gasteiger partial charge in [0.05, 0.1) is 0 Å². The van der Waals surface area contributed by atoms with Gasteiger partial charge in [0, 0.05) is 30.3 Å². The molecule has 0 radical (unpaired) electrons. The van der Waals surface area contributed by atoms with E-state index in [9.17, 15) is 4.79 Å². The van der Waals surface area contributed by atoms with Crippen LogP contribution in [0.3, 0.4) is 0 Å². The zero-order valence-corrected chi connectivity index (χ0v) is 10.7. The van der Waals surface area contributed by atoms with Crippen LogP contribution in [0.1, 0.15) is 25.7 Å². The van der Waals surface area contributed by atoms with Gasteiger partial charge in [-0.05, 0) is 25.7 Å². The van der Waals surface area contributed by atoms with E-state index in [0.717, 1.165) is 18.3 Å². The molecule has 16 heavy (non-hydrogen) atoms. The first-order chi connectivity index (χ1) is 7.83. The summed E-state index contributed by atoms with van der Waals surface area (Å²) in [7, 11) is 0. The minimum atomic E-state index is -0.0797. The van der Waals surface area contributed by atoms with E-state index < -0.39 is 0 Å². The molecule has 1 heterocycles. The Morgan fingerprint density at radius 1 is 1.56 bits per heavy atom. The van der Waals surface area contributed by atoms with Crippen LogP contribution in [0.5, 0.6) is 0 Å². The van der Waals surface area contributed by atoms with Crippen molar-refractivity contribution in [2.24, 2.45) is 0 Å². The highest BCUT2D eigenvalue weighted by Gasteiger charge is 2.26. The smallest absolute Gasteiger partial charge is 0.290 e. The second-order valence-electron chi connectivity index (χ2n) is 4.06. The van der Waals surface area contributed by atoms with E-state index in [0.29, 0.717) is 11.9 Å². The van der Waals surface area contributed by atoms with Crippen molar-refractivity contribution >= 4 is 21.7 Å². The molecular weight excluding hydrogens is 270 g/mol. The number of nitrogens with zero attached hydrogens (tertiary/aromatic N) is 2. The molecule has 1 N–H and O–H groups in total. The second-order valence-corrected chi connectivity index (χ2v) is 4.86. The number of aromatic amines is 1. The van der Waals surface area contributed by atoms with Crippen LogP contribution in [0, 0.1) is 0 Å². The lowest BCUT2D eigenvalue weighted by Gasteiger charge is -2.37. The number of anilines is 1. The molecule has 1 saturated carbocycles. The summed E-state index contributed by atoms with van der Waals surface area (Å²) in [6, 6.07) is 0.509. The van der Waals surface area contributed by atoms with Crippen molar-refractivity contribution in [3.05, 3.63) is 22.7 Å². The van der Waals surface area contributed by atoms with E-state index in [1.165, 1.54) is 19.3 Å². The average molecular weight is 286 g/mol. The highest BCUT2D eigenvalue weighted by Crippen LogP contribution is 2.26. The summed E-state index contributed by atoms with van der Waals surface area (Å²) >= 11 is 3.42. The van der Waals surface area contributed by atoms with E-state index in [1.54, 1.807) is 12.4 Å². The molecule has 0 spiro atoms. The average Bonchev–Trinajstić information content (AvgIpc) is 2.22. The van der Waals surface area contributed by atoms with E-state index in [-0.39, 0.29) is 5.56 Å². The van der Waals surface area contributed by atoms with E-state index in [4.69, 9.17) is 0 Å². The largest absolute Gasteiger partial charge is 0.349 e. The molecule has 1 aromatic heterocycles. The fraction of sp³-hybridized carbons (Fsp3) is 0.636. The molecule has 0 aromatic carbocycles. The molecule has 0 amide bonds. The maximum atomic E-state index is 11.7. The van der Waals surface area contributed by atoms with Crippen LogP contribution in [0.15, 0.2) is 17.2 Å². The number of H-pyrrole nitrogens is 1. The van der Waals surface area contributed by atoms with Gasteiger partial charge in [0.25, 0.3) is 5.56 Å². The van der Waals surface area contributed by atoms with Crippen molar-refractivity contribution < 1.29 is 0 Å². The lowest BCUT2D eigenvalue weighted by Crippen LogP contribution is -2.44. The quantitative estimate of drug-likeness (QED) is 0.841. The number of nitrogens with one attached hydrogen (secondary N) is 1. The summed E-state index contributed by atoms with van der Waals surface area (Å²) in [5.41, 5.74) is -0.0797. The fourth-order valence-electron chi connectivity index (χ4n) is 1.94. The summed E-state index contributed by atoms with van der Waals surface area (Å²) in [5, 5.41) is 0.959. The molecule has 5 heteroatoms. The highest BCUT2D eigenvalue weighted by atomic mass is 79.9. The van der Waals surface area contributed by atoms with Crippen molar-refractivity contribution in [1.82, 2.24) is 9.97 Å². The van der Waals surface area contributed by atoms with Gasteiger partial charge in [-0.3, -0.25) is 4.79 Å². The van der Waals surface area contributed by atoms with Crippen LogP contribution < -0.4 is 10.5 Å². The third kappa shape index (κ3) is 2.45. The molecule has 2 rings (SSSR count). The van der Waals surface area contributed by atoms with Gasteiger partial charge in [0.1, 0.15) is 0 Å². The Hall–Kier alpha value is -0.840. The van der Waals surface area contributed by atoms with Crippen LogP contribution in [0.4, 0.5) is 5.82 Å². The minimum absolute atomic E-state index is 0.0797. The molecule has 1 aliphatic carbocycles. The van der Waals surface area contributed by atoms with Crippen LogP contribution in [0.2, 0.25) is 0 Å². The Kier molecular flexibility index (Phi) is 3.98. The molecule has 1 fully saturated rings. The number of aromatic nitrogens is 2. The number of alkyl halides is 1. The van der Waals surface area contributed by atoms with Crippen molar-refractivity contribution in [2.45, 2.75) is 31.7 Å². The van der Waals surface area contributed by atoms with Gasteiger partial charge in [-0.15, -0.1) is 0 Å². The topological polar surface area (TPSA) is 49.0 Å². The lowest BCUT2D eigenvalue weighted by atomic mass is 9.91. The molecule has 1 aromatic rings. The predicted molar refractivity (Wildman–Crippen MR) is 68.3 cm³/mol. The zero-order chi connectivity index (χ0) is 11.4. The predicted octanol–water partition coefficient (Wildman–Crippen LogP) is 1.91. The normalized spacial score (nSPS) is 15.8. The van der Waals surface area contributed by atoms with E-state index in [1.807, 2.05) is 0 Å². The van der Waals surface area contributed by atoms with Crippen molar-refractivity contribution in [3.63, 3.8) is 0 Å². The maximum absolute atomic E-state index is 11.7. The van der Waals surface area contributed by atoms with Crippen LogP contribution in [-0.4, -0.2) is 27.9 Å². The Morgan fingerprint density at radius 2 is 2.38 bits per heavy atom. The number of hydrogen-bond donors (Lipinski definition) is 1. The first-order valence-electron chi connectivity index (χ1n) is 5.69. The Bertz CT molecular complexity index is 389. The molecule has 88 valence electrons. The fourth-order valence-corrected chi connectivity index (χ4v) is 2.19. The Morgan fingerprint density at radius 3 is 2.94 bits per heavy atom. The first kappa shape index (κ1) is 11.6. The van der Waals surface area contributed by atoms with Gasteiger partial charge in [-0.1, -0.05) is 15.9 Å². The summed E-state index contributed by atoms with van der Waals surface area (Å²) in [6.07, 6.45) is 7.88. The van der Waals surface area contributed by atoms with Gasteiger partial charge >= 0.3 is 0 Å². The third-order valence-corrected chi connectivity index (χ3v) is 3.57. The molecular formula is C11H16BrN3O. The highest BCUT2D eigenvalue weighted by molar-refractivity contribution is 9.09. The zero-order valence-electron chi connectivity index (χ0n) is 9.16. The number of rotatable bonds is 5. The summed E-state index contributed by atoms with van der Waals surface area (Å²) in [6.45, 7) is 0.899. The lowest BCUT2D eigenvalue weighted by molar-refractivity contribution is 0.383. The van der Waals surface area contributed by atoms with Crippen molar-refractivity contribution in [3.8, 4) is 0 Å². The standard InChI is InChI=1S/C11H16BrN3O/c12-5-2-8-15(9-3-1-4-9)10-11(16)14-7-6-13-10/h6-7,9H,1-5,8H2,(H,14,16). The van der Waals surface area contributed by atoms with E-state index >= 15 is 0 Å². The minimum Gasteiger partial charge on any atom is -0.349 e. The monoisotopic (exact) mass is 285 g/mol. The third-order valence-electron chi connectivity index (χ3n) is 3.01. The van der Waals surface area contributed by atoms with Crippen LogP contribution in [0.25, 0.3) is 0 Å². The number of halogens is 1. The van der Waals surface area contributed by atoms with Crippen molar-refractivity contribution in [1.29, 1.82) is 0 Å². The van der Waals surface area contributed by atoms with E-state index in [2.05, 4.69) is 30.8 Å². The van der Waals surface area contributed by atoms with Gasteiger partial charge in [0.2, 0.25) is 0 Å². The van der Waals surface area contributed by atoms with Crippen LogP contribution >= 0.6 is 15.9 Å². The molecule has 0 bridgehead atoms. The van der Waals surface area contributed by atoms with Gasteiger partial charge in [-0.25, -0.2) is 4.98 Å². The SMILES string of the molecule is O=c1[nH]ccnc1N(CCCBr)C1CCC1. The molecule has 4 nitrogen and oxygen atoms in total. The summed E-state index contributed by atoms with van der Waals surface area (Å²) < 4.78 is 0. The van der Waals surface area contributed by atoms with Crippen LogP contribution in [-0.2, 0) is 0 Å². The number of hydrogen-bond acceptors (Lipinski definition) is 3. The molecule has 0 unspecified atom stereocenters.